The number of rotatable bonds is 5. The Morgan fingerprint density at radius 2 is 1.52 bits per heavy atom. The molecule has 29 heavy (non-hydrogen) atoms. The third-order valence-corrected chi connectivity index (χ3v) is 6.72. The summed E-state index contributed by atoms with van der Waals surface area (Å²) in [6.45, 7) is 5.59. The molecule has 0 radical (unpaired) electrons. The summed E-state index contributed by atoms with van der Waals surface area (Å²) in [6, 6.07) is 14.8. The molecule has 0 spiro atoms. The Morgan fingerprint density at radius 1 is 0.931 bits per heavy atom. The molecule has 2 aromatic rings. The van der Waals surface area contributed by atoms with Gasteiger partial charge in [-0.15, -0.1) is 0 Å². The van der Waals surface area contributed by atoms with Gasteiger partial charge in [-0.1, -0.05) is 49.4 Å². The molecule has 1 aliphatic heterocycles. The van der Waals surface area contributed by atoms with Gasteiger partial charge in [-0.2, -0.15) is 4.31 Å². The van der Waals surface area contributed by atoms with E-state index < -0.39 is 22.0 Å². The lowest BCUT2D eigenvalue weighted by Gasteiger charge is -2.34. The molecule has 2 aromatic carbocycles. The normalized spacial score (nSPS) is 15.5. The first kappa shape index (κ1) is 22.8. The van der Waals surface area contributed by atoms with Crippen LogP contribution in [-0.4, -0.2) is 71.7 Å². The average Bonchev–Trinajstić information content (AvgIpc) is 2.69. The molecule has 0 bridgehead atoms. The Kier molecular flexibility index (Phi) is 8.12. The molecule has 0 unspecified atom stereocenters. The van der Waals surface area contributed by atoms with Crippen LogP contribution in [0, 0.1) is 0 Å². The molecule has 9 heteroatoms. The van der Waals surface area contributed by atoms with Gasteiger partial charge in [0, 0.05) is 32.7 Å². The molecule has 1 heterocycles. The van der Waals surface area contributed by atoms with Gasteiger partial charge in [0.05, 0.1) is 5.75 Å². The van der Waals surface area contributed by atoms with E-state index in [0.717, 1.165) is 19.6 Å². The predicted molar refractivity (Wildman–Crippen MR) is 110 cm³/mol. The summed E-state index contributed by atoms with van der Waals surface area (Å²) < 4.78 is 25.9. The van der Waals surface area contributed by atoms with Crippen molar-refractivity contribution < 1.29 is 28.2 Å². The van der Waals surface area contributed by atoms with Crippen molar-refractivity contribution >= 4 is 32.7 Å². The van der Waals surface area contributed by atoms with Crippen LogP contribution in [0.4, 0.5) is 0 Å². The molecule has 8 nitrogen and oxygen atoms in total. The number of hydrogen-bond donors (Lipinski definition) is 2. The Hall–Kier alpha value is -2.49. The number of sulfonamides is 1. The number of piperazine rings is 1. The van der Waals surface area contributed by atoms with E-state index in [-0.39, 0.29) is 5.75 Å². The Bertz CT molecular complexity index is 935. The third-order valence-electron chi connectivity index (χ3n) is 4.64. The number of hydrogen-bond acceptors (Lipinski definition) is 5. The number of carboxylic acids is 2. The van der Waals surface area contributed by atoms with Crippen LogP contribution in [0.1, 0.15) is 18.9 Å². The van der Waals surface area contributed by atoms with Crippen molar-refractivity contribution in [3.8, 4) is 0 Å². The van der Waals surface area contributed by atoms with Gasteiger partial charge in [0.1, 0.15) is 0 Å². The second-order valence-electron chi connectivity index (χ2n) is 6.74. The largest absolute Gasteiger partial charge is 0.473 e. The van der Waals surface area contributed by atoms with Crippen molar-refractivity contribution in [2.45, 2.75) is 19.9 Å². The summed E-state index contributed by atoms with van der Waals surface area (Å²) in [5, 5.41) is 17.3. The van der Waals surface area contributed by atoms with Crippen molar-refractivity contribution in [2.75, 3.05) is 31.9 Å². The number of nitrogens with zero attached hydrogens (tertiary/aromatic N) is 2. The Morgan fingerprint density at radius 3 is 2.10 bits per heavy atom. The first-order valence-electron chi connectivity index (χ1n) is 9.37. The fourth-order valence-electron chi connectivity index (χ4n) is 3.22. The summed E-state index contributed by atoms with van der Waals surface area (Å²) in [5.74, 6) is -3.39. The van der Waals surface area contributed by atoms with Gasteiger partial charge in [-0.05, 0) is 22.8 Å². The van der Waals surface area contributed by atoms with Crippen LogP contribution in [0.25, 0.3) is 10.8 Å². The lowest BCUT2D eigenvalue weighted by molar-refractivity contribution is -0.159. The standard InChI is InChI=1S/C18H24N2O2S.C2H2O4/c1-2-14-23(21,22)20-12-10-19(11-13-20)15-17-8-5-7-16-6-3-4-9-18(16)17;3-1(4)2(5)6/h3-9H,2,10-15H2,1H3;(H,3,4)(H,5,6). The van der Waals surface area contributed by atoms with Gasteiger partial charge in [-0.25, -0.2) is 18.0 Å². The number of aliphatic carboxylic acids is 2. The minimum atomic E-state index is -3.06. The Balaban J connectivity index is 0.000000438. The highest BCUT2D eigenvalue weighted by Gasteiger charge is 2.26. The van der Waals surface area contributed by atoms with Crippen molar-refractivity contribution in [1.82, 2.24) is 9.21 Å². The van der Waals surface area contributed by atoms with E-state index in [4.69, 9.17) is 19.8 Å². The number of benzene rings is 2. The first-order chi connectivity index (χ1) is 13.7. The maximum absolute atomic E-state index is 12.1. The summed E-state index contributed by atoms with van der Waals surface area (Å²) >= 11 is 0. The van der Waals surface area contributed by atoms with E-state index in [1.165, 1.54) is 16.3 Å². The zero-order chi connectivity index (χ0) is 21.4. The summed E-state index contributed by atoms with van der Waals surface area (Å²) in [5.41, 5.74) is 1.31. The summed E-state index contributed by atoms with van der Waals surface area (Å²) in [6.07, 6.45) is 0.679. The van der Waals surface area contributed by atoms with Crippen LogP contribution < -0.4 is 0 Å². The molecule has 1 fully saturated rings. The minimum Gasteiger partial charge on any atom is -0.473 e. The number of fused-ring (bicyclic) bond motifs is 1. The van der Waals surface area contributed by atoms with Gasteiger partial charge in [0.15, 0.2) is 0 Å². The molecule has 1 aliphatic rings. The van der Waals surface area contributed by atoms with Crippen LogP contribution in [0.2, 0.25) is 0 Å². The van der Waals surface area contributed by atoms with E-state index in [2.05, 4.69) is 47.4 Å². The molecule has 0 aromatic heterocycles. The molecule has 1 saturated heterocycles. The van der Waals surface area contributed by atoms with Gasteiger partial charge in [0.2, 0.25) is 10.0 Å². The van der Waals surface area contributed by atoms with E-state index in [1.807, 2.05) is 6.92 Å². The zero-order valence-electron chi connectivity index (χ0n) is 16.3. The fourth-order valence-corrected chi connectivity index (χ4v) is 4.72. The lowest BCUT2D eigenvalue weighted by atomic mass is 10.0. The number of carboxylic acid groups (broad SMARTS) is 2. The average molecular weight is 423 g/mol. The summed E-state index contributed by atoms with van der Waals surface area (Å²) in [7, 11) is -3.06. The zero-order valence-corrected chi connectivity index (χ0v) is 17.1. The van der Waals surface area contributed by atoms with Crippen LogP contribution in [0.3, 0.4) is 0 Å². The maximum Gasteiger partial charge on any atom is 0.414 e. The van der Waals surface area contributed by atoms with Crippen LogP contribution in [0.15, 0.2) is 42.5 Å². The first-order valence-corrected chi connectivity index (χ1v) is 11.0. The second-order valence-corrected chi connectivity index (χ2v) is 8.83. The van der Waals surface area contributed by atoms with Crippen LogP contribution in [-0.2, 0) is 26.2 Å². The summed E-state index contributed by atoms with van der Waals surface area (Å²) in [4.78, 5) is 20.5. The number of carbonyl (C=O) groups is 2. The smallest absolute Gasteiger partial charge is 0.414 e. The minimum absolute atomic E-state index is 0.260. The highest BCUT2D eigenvalue weighted by Crippen LogP contribution is 2.21. The van der Waals surface area contributed by atoms with E-state index in [1.54, 1.807) is 4.31 Å². The Labute approximate surface area is 170 Å². The molecule has 3 rings (SSSR count). The van der Waals surface area contributed by atoms with Crippen molar-refractivity contribution in [3.05, 3.63) is 48.0 Å². The topological polar surface area (TPSA) is 115 Å². The van der Waals surface area contributed by atoms with E-state index in [0.29, 0.717) is 19.5 Å². The molecule has 158 valence electrons. The third kappa shape index (κ3) is 6.52. The van der Waals surface area contributed by atoms with Gasteiger partial charge >= 0.3 is 11.9 Å². The quantitative estimate of drug-likeness (QED) is 0.707. The molecule has 0 atom stereocenters. The van der Waals surface area contributed by atoms with Gasteiger partial charge in [-0.3, -0.25) is 4.90 Å². The van der Waals surface area contributed by atoms with Crippen molar-refractivity contribution in [2.24, 2.45) is 0 Å². The molecule has 2 N–H and O–H groups in total. The second kappa shape index (κ2) is 10.3. The van der Waals surface area contributed by atoms with Crippen molar-refractivity contribution in [3.63, 3.8) is 0 Å². The highest BCUT2D eigenvalue weighted by atomic mass is 32.2. The lowest BCUT2D eigenvalue weighted by Crippen LogP contribution is -2.48. The van der Waals surface area contributed by atoms with Gasteiger partial charge in [0.25, 0.3) is 0 Å². The van der Waals surface area contributed by atoms with E-state index in [9.17, 15) is 8.42 Å². The van der Waals surface area contributed by atoms with Crippen LogP contribution in [0.5, 0.6) is 0 Å². The predicted octanol–water partition coefficient (Wildman–Crippen LogP) is 1.85. The molecule has 0 saturated carbocycles. The molecular formula is C20H26N2O6S. The van der Waals surface area contributed by atoms with Crippen molar-refractivity contribution in [1.29, 1.82) is 0 Å². The SMILES string of the molecule is CCCS(=O)(=O)N1CCN(Cc2cccc3ccccc23)CC1.O=C(O)C(=O)O. The van der Waals surface area contributed by atoms with Gasteiger partial charge < -0.3 is 10.2 Å². The molecule has 0 amide bonds. The molecular weight excluding hydrogens is 396 g/mol. The fraction of sp³-hybridized carbons (Fsp3) is 0.400. The van der Waals surface area contributed by atoms with Crippen LogP contribution >= 0.6 is 0 Å². The maximum atomic E-state index is 12.1. The highest BCUT2D eigenvalue weighted by molar-refractivity contribution is 7.89. The monoisotopic (exact) mass is 422 g/mol. The van der Waals surface area contributed by atoms with E-state index >= 15 is 0 Å². The molecule has 0 aliphatic carbocycles.